The molecule has 2 atom stereocenters. The number of carboxylic acids is 1. The zero-order valence-electron chi connectivity index (χ0n) is 17.8. The fraction of sp³-hybridized carbons (Fsp3) is 0.739. The molecule has 2 aliphatic rings. The minimum atomic E-state index is -0.898. The number of rotatable bonds is 12. The summed E-state index contributed by atoms with van der Waals surface area (Å²) in [5, 5.41) is 9.01. The summed E-state index contributed by atoms with van der Waals surface area (Å²) in [7, 11) is 0. The van der Waals surface area contributed by atoms with Crippen molar-refractivity contribution < 1.29 is 19.4 Å². The SMILES string of the molecule is CCCC1(C(C)CCCN2C(=O)CC[C@@H]2COCc2ccc(C(=O)O)s2)CCC1. The molecule has 1 saturated heterocycles. The molecule has 0 aromatic carbocycles. The Morgan fingerprint density at radius 3 is 2.83 bits per heavy atom. The fourth-order valence-corrected chi connectivity index (χ4v) is 5.92. The number of ether oxygens (including phenoxy) is 1. The van der Waals surface area contributed by atoms with Gasteiger partial charge in [-0.3, -0.25) is 4.79 Å². The van der Waals surface area contributed by atoms with Crippen LogP contribution < -0.4 is 0 Å². The molecule has 1 aromatic heterocycles. The molecular weight excluding hydrogens is 386 g/mol. The third-order valence-electron chi connectivity index (χ3n) is 7.06. The number of carboxylic acid groups (broad SMARTS) is 1. The fourth-order valence-electron chi connectivity index (χ4n) is 5.13. The molecule has 1 saturated carbocycles. The molecule has 162 valence electrons. The van der Waals surface area contributed by atoms with Gasteiger partial charge in [-0.1, -0.05) is 26.7 Å². The van der Waals surface area contributed by atoms with Crippen LogP contribution in [0, 0.1) is 11.3 Å². The minimum Gasteiger partial charge on any atom is -0.477 e. The number of carbonyl (C=O) groups excluding carboxylic acids is 1. The second-order valence-corrected chi connectivity index (χ2v) is 10.0. The summed E-state index contributed by atoms with van der Waals surface area (Å²) in [5.41, 5.74) is 0.571. The average Bonchev–Trinajstić information content (AvgIpc) is 3.26. The van der Waals surface area contributed by atoms with Crippen LogP contribution in [0.15, 0.2) is 12.1 Å². The van der Waals surface area contributed by atoms with E-state index in [2.05, 4.69) is 13.8 Å². The molecule has 0 radical (unpaired) electrons. The minimum absolute atomic E-state index is 0.157. The lowest BCUT2D eigenvalue weighted by Crippen LogP contribution is -2.38. The number of thiophene rings is 1. The van der Waals surface area contributed by atoms with Gasteiger partial charge in [0.05, 0.1) is 19.3 Å². The Morgan fingerprint density at radius 1 is 1.41 bits per heavy atom. The van der Waals surface area contributed by atoms with Crippen molar-refractivity contribution in [3.63, 3.8) is 0 Å². The van der Waals surface area contributed by atoms with Crippen molar-refractivity contribution in [2.45, 2.75) is 84.3 Å². The molecule has 1 aliphatic heterocycles. The Morgan fingerprint density at radius 2 is 2.21 bits per heavy atom. The van der Waals surface area contributed by atoms with Gasteiger partial charge in [0.15, 0.2) is 0 Å². The van der Waals surface area contributed by atoms with Crippen LogP contribution in [0.4, 0.5) is 0 Å². The number of amides is 1. The molecule has 0 spiro atoms. The highest BCUT2D eigenvalue weighted by molar-refractivity contribution is 7.13. The summed E-state index contributed by atoms with van der Waals surface area (Å²) in [6.45, 7) is 6.47. The van der Waals surface area contributed by atoms with Crippen molar-refractivity contribution in [3.8, 4) is 0 Å². The summed E-state index contributed by atoms with van der Waals surface area (Å²) < 4.78 is 5.84. The Hall–Kier alpha value is -1.40. The van der Waals surface area contributed by atoms with Crippen LogP contribution in [0.2, 0.25) is 0 Å². The number of nitrogens with zero attached hydrogens (tertiary/aromatic N) is 1. The Bertz CT molecular complexity index is 697. The molecule has 3 rings (SSSR count). The first-order valence-corrected chi connectivity index (χ1v) is 12.0. The van der Waals surface area contributed by atoms with Crippen LogP contribution in [0.1, 0.15) is 86.2 Å². The standard InChI is InChI=1S/C23H35NO4S/c1-3-11-23(12-5-13-23)17(2)6-4-14-24-18(7-10-21(24)25)15-28-16-19-8-9-20(29-19)22(26)27/h8-9,17-18H,3-7,10-16H2,1-2H3,(H,26,27)/t17?,18-/m1/s1. The normalized spacial score (nSPS) is 21.9. The lowest BCUT2D eigenvalue weighted by atomic mass is 9.58. The van der Waals surface area contributed by atoms with Crippen molar-refractivity contribution in [1.29, 1.82) is 0 Å². The van der Waals surface area contributed by atoms with Crippen molar-refractivity contribution in [1.82, 2.24) is 4.90 Å². The van der Waals surface area contributed by atoms with Gasteiger partial charge in [0, 0.05) is 17.8 Å². The second kappa shape index (κ2) is 10.1. The molecule has 2 heterocycles. The van der Waals surface area contributed by atoms with E-state index in [4.69, 9.17) is 9.84 Å². The molecule has 29 heavy (non-hydrogen) atoms. The van der Waals surface area contributed by atoms with Crippen LogP contribution in [0.3, 0.4) is 0 Å². The molecule has 1 N–H and O–H groups in total. The number of aromatic carboxylic acids is 1. The highest BCUT2D eigenvalue weighted by Gasteiger charge is 2.40. The molecule has 2 fully saturated rings. The van der Waals surface area contributed by atoms with Gasteiger partial charge < -0.3 is 14.7 Å². The maximum absolute atomic E-state index is 12.3. The summed E-state index contributed by atoms with van der Waals surface area (Å²) in [6.07, 6.45) is 10.5. The highest BCUT2D eigenvalue weighted by Crippen LogP contribution is 2.51. The number of carbonyl (C=O) groups is 2. The predicted octanol–water partition coefficient (Wildman–Crippen LogP) is 5.34. The predicted molar refractivity (Wildman–Crippen MR) is 115 cm³/mol. The van der Waals surface area contributed by atoms with E-state index in [0.717, 1.165) is 30.2 Å². The summed E-state index contributed by atoms with van der Waals surface area (Å²) >= 11 is 1.25. The Labute approximate surface area is 178 Å². The number of hydrogen-bond donors (Lipinski definition) is 1. The maximum atomic E-state index is 12.3. The van der Waals surface area contributed by atoms with E-state index in [1.165, 1.54) is 49.9 Å². The first-order chi connectivity index (χ1) is 13.9. The first kappa shape index (κ1) is 22.3. The third kappa shape index (κ3) is 5.40. The van der Waals surface area contributed by atoms with E-state index in [1.807, 2.05) is 4.90 Å². The van der Waals surface area contributed by atoms with E-state index >= 15 is 0 Å². The molecule has 1 unspecified atom stereocenters. The van der Waals surface area contributed by atoms with Crippen LogP contribution >= 0.6 is 11.3 Å². The van der Waals surface area contributed by atoms with Gasteiger partial charge >= 0.3 is 5.97 Å². The largest absolute Gasteiger partial charge is 0.477 e. The first-order valence-electron chi connectivity index (χ1n) is 11.1. The Kier molecular flexibility index (Phi) is 7.74. The van der Waals surface area contributed by atoms with Crippen LogP contribution in [0.25, 0.3) is 0 Å². The van der Waals surface area contributed by atoms with Gasteiger partial charge in [0.2, 0.25) is 5.91 Å². The second-order valence-electron chi connectivity index (χ2n) is 8.88. The third-order valence-corrected chi connectivity index (χ3v) is 8.11. The van der Waals surface area contributed by atoms with Crippen LogP contribution in [0.5, 0.6) is 0 Å². The van der Waals surface area contributed by atoms with Crippen molar-refractivity contribution >= 4 is 23.2 Å². The number of likely N-dealkylation sites (tertiary alicyclic amines) is 1. The summed E-state index contributed by atoms with van der Waals surface area (Å²) in [4.78, 5) is 26.6. The van der Waals surface area contributed by atoms with E-state index in [9.17, 15) is 9.59 Å². The topological polar surface area (TPSA) is 66.8 Å². The van der Waals surface area contributed by atoms with E-state index in [1.54, 1.807) is 12.1 Å². The zero-order valence-corrected chi connectivity index (χ0v) is 18.6. The summed E-state index contributed by atoms with van der Waals surface area (Å²) in [5.74, 6) is 0.0963. The van der Waals surface area contributed by atoms with Gasteiger partial charge in [0.1, 0.15) is 4.88 Å². The van der Waals surface area contributed by atoms with E-state index in [0.29, 0.717) is 29.9 Å². The molecule has 6 heteroatoms. The lowest BCUT2D eigenvalue weighted by molar-refractivity contribution is -0.130. The van der Waals surface area contributed by atoms with Crippen LogP contribution in [-0.2, 0) is 16.1 Å². The molecule has 1 aromatic rings. The van der Waals surface area contributed by atoms with Crippen molar-refractivity contribution in [2.24, 2.45) is 11.3 Å². The van der Waals surface area contributed by atoms with Crippen molar-refractivity contribution in [2.75, 3.05) is 13.2 Å². The molecule has 0 bridgehead atoms. The number of hydrogen-bond acceptors (Lipinski definition) is 4. The maximum Gasteiger partial charge on any atom is 0.345 e. The van der Waals surface area contributed by atoms with Crippen LogP contribution in [-0.4, -0.2) is 41.1 Å². The van der Waals surface area contributed by atoms with Gasteiger partial charge in [-0.15, -0.1) is 11.3 Å². The zero-order chi connectivity index (χ0) is 20.9. The van der Waals surface area contributed by atoms with Gasteiger partial charge in [-0.25, -0.2) is 4.79 Å². The molecule has 1 amide bonds. The summed E-state index contributed by atoms with van der Waals surface area (Å²) in [6, 6.07) is 3.58. The highest BCUT2D eigenvalue weighted by atomic mass is 32.1. The average molecular weight is 422 g/mol. The molecule has 1 aliphatic carbocycles. The lowest BCUT2D eigenvalue weighted by Gasteiger charge is -2.47. The van der Waals surface area contributed by atoms with Crippen molar-refractivity contribution in [3.05, 3.63) is 21.9 Å². The smallest absolute Gasteiger partial charge is 0.345 e. The van der Waals surface area contributed by atoms with E-state index < -0.39 is 5.97 Å². The van der Waals surface area contributed by atoms with Gasteiger partial charge in [0.25, 0.3) is 0 Å². The van der Waals surface area contributed by atoms with E-state index in [-0.39, 0.29) is 11.9 Å². The van der Waals surface area contributed by atoms with Gasteiger partial charge in [-0.05, 0) is 62.0 Å². The Balaban J connectivity index is 1.42. The van der Waals surface area contributed by atoms with Gasteiger partial charge in [-0.2, -0.15) is 0 Å². The molecular formula is C23H35NO4S. The quantitative estimate of drug-likeness (QED) is 0.495. The monoisotopic (exact) mass is 421 g/mol. The molecule has 5 nitrogen and oxygen atoms in total.